The zero-order valence-corrected chi connectivity index (χ0v) is 15.9. The van der Waals surface area contributed by atoms with E-state index in [2.05, 4.69) is 32.6 Å². The van der Waals surface area contributed by atoms with Gasteiger partial charge in [0.2, 0.25) is 11.8 Å². The molecule has 2 fully saturated rings. The van der Waals surface area contributed by atoms with Crippen molar-refractivity contribution < 1.29 is 14.3 Å². The van der Waals surface area contributed by atoms with Crippen molar-refractivity contribution in [3.63, 3.8) is 0 Å². The Kier molecular flexibility index (Phi) is 7.62. The summed E-state index contributed by atoms with van der Waals surface area (Å²) in [5.41, 5.74) is 1.25. The number of nitrogens with one attached hydrogen (secondary N) is 2. The smallest absolute Gasteiger partial charge is 0.237 e. The molecule has 7 nitrogen and oxygen atoms in total. The Bertz CT molecular complexity index is 605. The van der Waals surface area contributed by atoms with Crippen molar-refractivity contribution in [1.29, 1.82) is 0 Å². The highest BCUT2D eigenvalue weighted by Crippen LogP contribution is 2.11. The maximum Gasteiger partial charge on any atom is 0.237 e. The van der Waals surface area contributed by atoms with Crippen molar-refractivity contribution in [1.82, 2.24) is 20.4 Å². The first-order valence-corrected chi connectivity index (χ1v) is 9.85. The predicted molar refractivity (Wildman–Crippen MR) is 103 cm³/mol. The van der Waals surface area contributed by atoms with Crippen LogP contribution in [0.3, 0.4) is 0 Å². The number of carbonyl (C=O) groups excluding carboxylic acids is 2. The van der Waals surface area contributed by atoms with Crippen LogP contribution in [-0.4, -0.2) is 86.7 Å². The highest BCUT2D eigenvalue weighted by molar-refractivity contribution is 5.88. The molecule has 2 aliphatic heterocycles. The van der Waals surface area contributed by atoms with E-state index in [0.717, 1.165) is 52.4 Å². The Morgan fingerprint density at radius 1 is 1.15 bits per heavy atom. The molecule has 1 aromatic rings. The van der Waals surface area contributed by atoms with Crippen molar-refractivity contribution in [2.24, 2.45) is 0 Å². The van der Waals surface area contributed by atoms with Crippen molar-refractivity contribution in [2.75, 3.05) is 59.0 Å². The summed E-state index contributed by atoms with van der Waals surface area (Å²) < 4.78 is 5.33. The van der Waals surface area contributed by atoms with Crippen LogP contribution < -0.4 is 10.6 Å². The Morgan fingerprint density at radius 3 is 2.70 bits per heavy atom. The molecule has 0 bridgehead atoms. The molecule has 0 spiro atoms. The Morgan fingerprint density at radius 2 is 1.93 bits per heavy atom. The summed E-state index contributed by atoms with van der Waals surface area (Å²) in [6, 6.07) is 9.86. The molecule has 7 heteroatoms. The average Bonchev–Trinajstić information content (AvgIpc) is 2.70. The van der Waals surface area contributed by atoms with Gasteiger partial charge in [-0.25, -0.2) is 0 Å². The van der Waals surface area contributed by atoms with Crippen molar-refractivity contribution in [3.05, 3.63) is 35.9 Å². The second-order valence-corrected chi connectivity index (χ2v) is 7.09. The number of morpholine rings is 1. The van der Waals surface area contributed by atoms with Crippen molar-refractivity contribution >= 4 is 11.8 Å². The number of carbonyl (C=O) groups is 2. The van der Waals surface area contributed by atoms with Gasteiger partial charge in [0.1, 0.15) is 0 Å². The summed E-state index contributed by atoms with van der Waals surface area (Å²) in [7, 11) is 0. The molecule has 2 heterocycles. The van der Waals surface area contributed by atoms with Crippen LogP contribution in [0.25, 0.3) is 0 Å². The first-order chi connectivity index (χ1) is 13.2. The topological polar surface area (TPSA) is 73.9 Å². The van der Waals surface area contributed by atoms with E-state index in [0.29, 0.717) is 13.1 Å². The summed E-state index contributed by atoms with van der Waals surface area (Å²) in [6.07, 6.45) is 1.09. The number of benzene rings is 1. The third kappa shape index (κ3) is 6.30. The van der Waals surface area contributed by atoms with Gasteiger partial charge >= 0.3 is 0 Å². The molecule has 27 heavy (non-hydrogen) atoms. The molecule has 1 aromatic carbocycles. The van der Waals surface area contributed by atoms with E-state index in [1.54, 1.807) is 0 Å². The molecule has 3 rings (SSSR count). The molecule has 2 saturated heterocycles. The monoisotopic (exact) mass is 374 g/mol. The van der Waals surface area contributed by atoms with E-state index in [4.69, 9.17) is 4.74 Å². The van der Waals surface area contributed by atoms with Crippen molar-refractivity contribution in [2.45, 2.75) is 18.9 Å². The van der Waals surface area contributed by atoms with E-state index < -0.39 is 0 Å². The molecule has 0 radical (unpaired) electrons. The van der Waals surface area contributed by atoms with Gasteiger partial charge in [-0.05, 0) is 12.0 Å². The van der Waals surface area contributed by atoms with Gasteiger partial charge in [-0.2, -0.15) is 0 Å². The normalized spacial score (nSPS) is 21.6. The van der Waals surface area contributed by atoms with E-state index in [9.17, 15) is 9.59 Å². The lowest BCUT2D eigenvalue weighted by Gasteiger charge is -2.34. The predicted octanol–water partition coefficient (Wildman–Crippen LogP) is -0.132. The molecule has 2 aliphatic rings. The Hall–Kier alpha value is -1.96. The standard InChI is InChI=1S/C20H30N4O3/c25-19(21-7-10-23-12-14-27-15-13-23)16-18-20(26)22-8-11-24(18)9-6-17-4-2-1-3-5-17/h1-5,18H,6-16H2,(H,21,25)(H,22,26). The SMILES string of the molecule is O=C(CC1C(=O)NCCN1CCc1ccccc1)NCCN1CCOCC1. The molecule has 148 valence electrons. The van der Waals surface area contributed by atoms with Crippen LogP contribution in [0.4, 0.5) is 0 Å². The van der Waals surface area contributed by atoms with E-state index in [-0.39, 0.29) is 24.3 Å². The van der Waals surface area contributed by atoms with Gasteiger partial charge in [0.25, 0.3) is 0 Å². The van der Waals surface area contributed by atoms with Crippen LogP contribution in [-0.2, 0) is 20.7 Å². The molecule has 1 unspecified atom stereocenters. The number of hydrogen-bond acceptors (Lipinski definition) is 5. The van der Waals surface area contributed by atoms with Gasteiger partial charge in [-0.3, -0.25) is 19.4 Å². The number of nitrogens with zero attached hydrogens (tertiary/aromatic N) is 2. The number of rotatable bonds is 8. The van der Waals surface area contributed by atoms with Gasteiger partial charge in [-0.15, -0.1) is 0 Å². The third-order valence-electron chi connectivity index (χ3n) is 5.20. The summed E-state index contributed by atoms with van der Waals surface area (Å²) >= 11 is 0. The number of piperazine rings is 1. The average molecular weight is 374 g/mol. The second kappa shape index (κ2) is 10.4. The molecule has 2 N–H and O–H groups in total. The molecule has 0 saturated carbocycles. The van der Waals surface area contributed by atoms with Gasteiger partial charge in [0.15, 0.2) is 0 Å². The summed E-state index contributed by atoms with van der Waals surface area (Å²) in [4.78, 5) is 29.1. The van der Waals surface area contributed by atoms with E-state index in [1.165, 1.54) is 5.56 Å². The zero-order valence-electron chi connectivity index (χ0n) is 15.9. The molecule has 1 atom stereocenters. The molecule has 0 aromatic heterocycles. The largest absolute Gasteiger partial charge is 0.379 e. The minimum absolute atomic E-state index is 0.0439. The zero-order chi connectivity index (χ0) is 18.9. The highest BCUT2D eigenvalue weighted by atomic mass is 16.5. The fourth-order valence-corrected chi connectivity index (χ4v) is 3.59. The number of amides is 2. The maximum atomic E-state index is 12.4. The summed E-state index contributed by atoms with van der Waals surface area (Å²) in [6.45, 7) is 6.97. The van der Waals surface area contributed by atoms with Crippen LogP contribution in [0, 0.1) is 0 Å². The van der Waals surface area contributed by atoms with E-state index in [1.807, 2.05) is 18.2 Å². The first kappa shape index (κ1) is 19.8. The van der Waals surface area contributed by atoms with E-state index >= 15 is 0 Å². The molecular weight excluding hydrogens is 344 g/mol. The fourth-order valence-electron chi connectivity index (χ4n) is 3.59. The van der Waals surface area contributed by atoms with Crippen molar-refractivity contribution in [3.8, 4) is 0 Å². The number of ether oxygens (including phenoxy) is 1. The minimum Gasteiger partial charge on any atom is -0.379 e. The van der Waals surface area contributed by atoms with Crippen LogP contribution in [0.2, 0.25) is 0 Å². The number of hydrogen-bond donors (Lipinski definition) is 2. The summed E-state index contributed by atoms with van der Waals surface area (Å²) in [5, 5.41) is 5.85. The van der Waals surface area contributed by atoms with Gasteiger partial charge < -0.3 is 15.4 Å². The Balaban J connectivity index is 1.44. The van der Waals surface area contributed by atoms with Gasteiger partial charge in [0.05, 0.1) is 25.7 Å². The fraction of sp³-hybridized carbons (Fsp3) is 0.600. The van der Waals surface area contributed by atoms with Gasteiger partial charge in [-0.1, -0.05) is 30.3 Å². The lowest BCUT2D eigenvalue weighted by molar-refractivity contribution is -0.133. The lowest BCUT2D eigenvalue weighted by Crippen LogP contribution is -2.57. The third-order valence-corrected chi connectivity index (χ3v) is 5.20. The van der Waals surface area contributed by atoms with Gasteiger partial charge in [0, 0.05) is 45.8 Å². The van der Waals surface area contributed by atoms with Crippen LogP contribution in [0.1, 0.15) is 12.0 Å². The first-order valence-electron chi connectivity index (χ1n) is 9.85. The molecule has 0 aliphatic carbocycles. The quantitative estimate of drug-likeness (QED) is 0.663. The van der Waals surface area contributed by atoms with Crippen LogP contribution in [0.15, 0.2) is 30.3 Å². The summed E-state index contributed by atoms with van der Waals surface area (Å²) in [5.74, 6) is -0.104. The Labute approximate surface area is 161 Å². The highest BCUT2D eigenvalue weighted by Gasteiger charge is 2.31. The minimum atomic E-state index is -0.383. The molecular formula is C20H30N4O3. The van der Waals surface area contributed by atoms with Crippen LogP contribution in [0.5, 0.6) is 0 Å². The molecule has 2 amide bonds. The van der Waals surface area contributed by atoms with Crippen LogP contribution >= 0.6 is 0 Å². The lowest BCUT2D eigenvalue weighted by atomic mass is 10.1. The maximum absolute atomic E-state index is 12.4. The second-order valence-electron chi connectivity index (χ2n) is 7.09.